The summed E-state index contributed by atoms with van der Waals surface area (Å²) in [6.07, 6.45) is 1.37. The van der Waals surface area contributed by atoms with E-state index in [-0.39, 0.29) is 10.5 Å². The molecular formula is C19H27N3O6S. The Morgan fingerprint density at radius 1 is 1.17 bits per heavy atom. The highest BCUT2D eigenvalue weighted by atomic mass is 32.2. The van der Waals surface area contributed by atoms with Gasteiger partial charge in [0.05, 0.1) is 10.5 Å². The van der Waals surface area contributed by atoms with Crippen LogP contribution in [0.1, 0.15) is 49.0 Å². The van der Waals surface area contributed by atoms with Crippen LogP contribution in [-0.2, 0) is 19.6 Å². The predicted molar refractivity (Wildman–Crippen MR) is 106 cm³/mol. The lowest BCUT2D eigenvalue weighted by atomic mass is 10.1. The lowest BCUT2D eigenvalue weighted by Crippen LogP contribution is -2.44. The number of nitrogens with zero attached hydrogens (tertiary/aromatic N) is 1. The number of carbonyl (C=O) groups excluding carboxylic acids is 3. The fraction of sp³-hybridized carbons (Fsp3) is 0.526. The predicted octanol–water partition coefficient (Wildman–Crippen LogP) is 1.56. The van der Waals surface area contributed by atoms with Crippen LogP contribution < -0.4 is 10.6 Å². The molecule has 1 aliphatic heterocycles. The molecule has 2 N–H and O–H groups in total. The summed E-state index contributed by atoms with van der Waals surface area (Å²) in [7, 11) is -3.71. The molecule has 9 nitrogen and oxygen atoms in total. The molecule has 1 saturated heterocycles. The molecule has 0 saturated carbocycles. The van der Waals surface area contributed by atoms with E-state index in [4.69, 9.17) is 4.74 Å². The summed E-state index contributed by atoms with van der Waals surface area (Å²) >= 11 is 0. The molecule has 160 valence electrons. The normalized spacial score (nSPS) is 16.0. The second kappa shape index (κ2) is 9.84. The average molecular weight is 426 g/mol. The summed E-state index contributed by atoms with van der Waals surface area (Å²) in [4.78, 5) is 35.9. The summed E-state index contributed by atoms with van der Waals surface area (Å²) in [6.45, 7) is 5.91. The Kier molecular flexibility index (Phi) is 7.74. The molecule has 3 amide bonds. The van der Waals surface area contributed by atoms with Crippen LogP contribution in [0.15, 0.2) is 23.1 Å². The van der Waals surface area contributed by atoms with Crippen molar-refractivity contribution < 1.29 is 27.5 Å². The van der Waals surface area contributed by atoms with Crippen molar-refractivity contribution in [2.24, 2.45) is 0 Å². The molecule has 29 heavy (non-hydrogen) atoms. The lowest BCUT2D eigenvalue weighted by molar-refractivity contribution is -0.127. The Labute approximate surface area is 170 Å². The van der Waals surface area contributed by atoms with Crippen LogP contribution in [0, 0.1) is 6.92 Å². The fourth-order valence-electron chi connectivity index (χ4n) is 2.93. The van der Waals surface area contributed by atoms with Crippen LogP contribution in [0.5, 0.6) is 0 Å². The monoisotopic (exact) mass is 425 g/mol. The van der Waals surface area contributed by atoms with Gasteiger partial charge in [-0.25, -0.2) is 18.0 Å². The average Bonchev–Trinajstić information content (AvgIpc) is 2.68. The number of hydrogen-bond acceptors (Lipinski definition) is 6. The molecule has 1 aromatic carbocycles. The van der Waals surface area contributed by atoms with Crippen LogP contribution in [0.4, 0.5) is 4.79 Å². The van der Waals surface area contributed by atoms with E-state index in [1.54, 1.807) is 13.8 Å². The van der Waals surface area contributed by atoms with Gasteiger partial charge in [-0.15, -0.1) is 0 Å². The molecule has 10 heteroatoms. The number of imide groups is 1. The van der Waals surface area contributed by atoms with Crippen molar-refractivity contribution in [1.29, 1.82) is 0 Å². The maximum absolute atomic E-state index is 12.9. The van der Waals surface area contributed by atoms with E-state index in [2.05, 4.69) is 10.6 Å². The highest BCUT2D eigenvalue weighted by Crippen LogP contribution is 2.23. The molecule has 0 bridgehead atoms. The van der Waals surface area contributed by atoms with E-state index in [0.717, 1.165) is 19.3 Å². The van der Waals surface area contributed by atoms with Gasteiger partial charge in [-0.05, 0) is 51.3 Å². The molecule has 0 spiro atoms. The minimum atomic E-state index is -3.71. The van der Waals surface area contributed by atoms with Gasteiger partial charge in [-0.1, -0.05) is 12.5 Å². The molecule has 0 radical (unpaired) electrons. The van der Waals surface area contributed by atoms with E-state index >= 15 is 0 Å². The van der Waals surface area contributed by atoms with Gasteiger partial charge in [0.2, 0.25) is 10.0 Å². The van der Waals surface area contributed by atoms with E-state index in [1.165, 1.54) is 29.4 Å². The number of benzene rings is 1. The Morgan fingerprint density at radius 3 is 2.45 bits per heavy atom. The quantitative estimate of drug-likeness (QED) is 0.667. The topological polar surface area (TPSA) is 122 Å². The van der Waals surface area contributed by atoms with Crippen molar-refractivity contribution in [1.82, 2.24) is 14.9 Å². The van der Waals surface area contributed by atoms with Crippen molar-refractivity contribution in [3.05, 3.63) is 29.3 Å². The molecule has 1 heterocycles. The van der Waals surface area contributed by atoms with E-state index in [1.807, 2.05) is 0 Å². The number of urea groups is 1. The number of sulfonamides is 1. The second-order valence-electron chi connectivity index (χ2n) is 6.84. The van der Waals surface area contributed by atoms with Crippen LogP contribution in [0.3, 0.4) is 0 Å². The molecule has 0 aromatic heterocycles. The minimum absolute atomic E-state index is 0.0105. The molecular weight excluding hydrogens is 398 g/mol. The molecule has 0 aliphatic carbocycles. The third kappa shape index (κ3) is 5.77. The first-order valence-corrected chi connectivity index (χ1v) is 11.0. The minimum Gasteiger partial charge on any atom is -0.449 e. The third-order valence-electron chi connectivity index (χ3n) is 4.61. The highest BCUT2D eigenvalue weighted by molar-refractivity contribution is 7.89. The number of amides is 3. The van der Waals surface area contributed by atoms with Gasteiger partial charge in [-0.3, -0.25) is 10.1 Å². The zero-order chi connectivity index (χ0) is 21.6. The number of aryl methyl sites for hydroxylation is 1. The zero-order valence-electron chi connectivity index (χ0n) is 16.9. The molecule has 1 aliphatic rings. The van der Waals surface area contributed by atoms with Crippen LogP contribution >= 0.6 is 0 Å². The zero-order valence-corrected chi connectivity index (χ0v) is 17.7. The van der Waals surface area contributed by atoms with Crippen LogP contribution in [0.2, 0.25) is 0 Å². The SMILES string of the molecule is CCNC(=O)NC(=O)C(C)OC(=O)c1cc(S(=O)(=O)N2CCCCC2)ccc1C. The maximum atomic E-state index is 12.9. The second-order valence-corrected chi connectivity index (χ2v) is 8.78. The summed E-state index contributed by atoms with van der Waals surface area (Å²) in [6, 6.07) is 3.58. The van der Waals surface area contributed by atoms with Crippen molar-refractivity contribution >= 4 is 27.9 Å². The summed E-state index contributed by atoms with van der Waals surface area (Å²) < 4.78 is 32.3. The van der Waals surface area contributed by atoms with Crippen LogP contribution in [-0.4, -0.2) is 56.4 Å². The first kappa shape index (κ1) is 22.8. The van der Waals surface area contributed by atoms with Crippen LogP contribution in [0.25, 0.3) is 0 Å². The van der Waals surface area contributed by atoms with Crippen molar-refractivity contribution in [2.75, 3.05) is 19.6 Å². The number of ether oxygens (including phenoxy) is 1. The van der Waals surface area contributed by atoms with E-state index < -0.39 is 34.0 Å². The highest BCUT2D eigenvalue weighted by Gasteiger charge is 2.28. The molecule has 1 atom stereocenters. The maximum Gasteiger partial charge on any atom is 0.339 e. The van der Waals surface area contributed by atoms with Gasteiger partial charge in [0, 0.05) is 19.6 Å². The first-order chi connectivity index (χ1) is 13.7. The standard InChI is InChI=1S/C19H27N3O6S/c1-4-20-19(25)21-17(23)14(3)28-18(24)16-12-15(9-8-13(16)2)29(26,27)22-10-6-5-7-11-22/h8-9,12,14H,4-7,10-11H2,1-3H3,(H2,20,21,23,25). The van der Waals surface area contributed by atoms with Crippen molar-refractivity contribution in [2.45, 2.75) is 51.0 Å². The Bertz CT molecular complexity index is 878. The van der Waals surface area contributed by atoms with Gasteiger partial charge in [0.25, 0.3) is 5.91 Å². The fourth-order valence-corrected chi connectivity index (χ4v) is 4.48. The molecule has 2 rings (SSSR count). The van der Waals surface area contributed by atoms with Gasteiger partial charge in [0.1, 0.15) is 0 Å². The number of piperidine rings is 1. The summed E-state index contributed by atoms with van der Waals surface area (Å²) in [5, 5.41) is 4.46. The lowest BCUT2D eigenvalue weighted by Gasteiger charge is -2.26. The molecule has 1 fully saturated rings. The molecule has 1 unspecified atom stereocenters. The number of hydrogen-bond donors (Lipinski definition) is 2. The first-order valence-electron chi connectivity index (χ1n) is 9.57. The summed E-state index contributed by atoms with van der Waals surface area (Å²) in [5.74, 6) is -1.62. The molecule has 1 aromatic rings. The van der Waals surface area contributed by atoms with Gasteiger partial charge in [0.15, 0.2) is 6.10 Å². The van der Waals surface area contributed by atoms with E-state index in [9.17, 15) is 22.8 Å². The third-order valence-corrected chi connectivity index (χ3v) is 6.50. The largest absolute Gasteiger partial charge is 0.449 e. The number of nitrogens with one attached hydrogen (secondary N) is 2. The summed E-state index contributed by atoms with van der Waals surface area (Å²) in [5.41, 5.74) is 0.574. The van der Waals surface area contributed by atoms with Gasteiger partial charge in [-0.2, -0.15) is 4.31 Å². The Hall–Kier alpha value is -2.46. The number of carbonyl (C=O) groups is 3. The number of rotatable bonds is 6. The van der Waals surface area contributed by atoms with Gasteiger partial charge >= 0.3 is 12.0 Å². The van der Waals surface area contributed by atoms with Gasteiger partial charge < -0.3 is 10.1 Å². The van der Waals surface area contributed by atoms with E-state index in [0.29, 0.717) is 25.2 Å². The van der Waals surface area contributed by atoms with Crippen molar-refractivity contribution in [3.63, 3.8) is 0 Å². The Morgan fingerprint density at radius 2 is 1.83 bits per heavy atom. The van der Waals surface area contributed by atoms with Crippen molar-refractivity contribution in [3.8, 4) is 0 Å². The number of esters is 1. The Balaban J connectivity index is 2.15. The smallest absolute Gasteiger partial charge is 0.339 e.